The Labute approximate surface area is 154 Å². The summed E-state index contributed by atoms with van der Waals surface area (Å²) >= 11 is 0. The Balaban J connectivity index is 1.34. The molecule has 0 unspecified atom stereocenters. The number of carbonyl (C=O) groups is 2. The van der Waals surface area contributed by atoms with Gasteiger partial charge in [-0.2, -0.15) is 0 Å². The first-order valence-electron chi connectivity index (χ1n) is 9.78. The van der Waals surface area contributed by atoms with Gasteiger partial charge < -0.3 is 14.5 Å². The third kappa shape index (κ3) is 3.61. The maximum atomic E-state index is 12.8. The second-order valence-electron chi connectivity index (χ2n) is 7.76. The number of fused-ring (bicyclic) bond motifs is 1. The normalized spacial score (nSPS) is 27.1. The van der Waals surface area contributed by atoms with Gasteiger partial charge in [0.15, 0.2) is 0 Å². The Hall–Kier alpha value is -1.95. The van der Waals surface area contributed by atoms with Crippen LogP contribution in [0.15, 0.2) is 24.5 Å². The van der Waals surface area contributed by atoms with Crippen molar-refractivity contribution in [3.63, 3.8) is 0 Å². The first-order chi connectivity index (χ1) is 12.7. The van der Waals surface area contributed by atoms with E-state index in [2.05, 4.69) is 9.88 Å². The lowest BCUT2D eigenvalue weighted by atomic mass is 9.92. The van der Waals surface area contributed by atoms with E-state index in [0.717, 1.165) is 51.9 Å². The van der Waals surface area contributed by atoms with Crippen LogP contribution in [0.3, 0.4) is 0 Å². The second kappa shape index (κ2) is 7.74. The average molecular weight is 357 g/mol. The molecule has 0 radical (unpaired) electrons. The molecule has 0 N–H and O–H groups in total. The molecule has 3 aliphatic rings. The molecule has 140 valence electrons. The number of amides is 2. The van der Waals surface area contributed by atoms with E-state index in [0.29, 0.717) is 36.5 Å². The van der Waals surface area contributed by atoms with Crippen LogP contribution in [0.4, 0.5) is 0 Å². The zero-order chi connectivity index (χ0) is 17.9. The molecule has 26 heavy (non-hydrogen) atoms. The van der Waals surface area contributed by atoms with Crippen LogP contribution in [0.1, 0.15) is 36.0 Å². The third-order valence-corrected chi connectivity index (χ3v) is 6.21. The van der Waals surface area contributed by atoms with Gasteiger partial charge in [-0.15, -0.1) is 0 Å². The maximum Gasteiger partial charge on any atom is 0.253 e. The number of hydrogen-bond acceptors (Lipinski definition) is 4. The maximum absolute atomic E-state index is 12.8. The van der Waals surface area contributed by atoms with Gasteiger partial charge >= 0.3 is 0 Å². The summed E-state index contributed by atoms with van der Waals surface area (Å²) in [6.45, 7) is 4.70. The van der Waals surface area contributed by atoms with Gasteiger partial charge in [0.05, 0.1) is 0 Å². The van der Waals surface area contributed by atoms with Crippen LogP contribution >= 0.6 is 0 Å². The first kappa shape index (κ1) is 17.5. The smallest absolute Gasteiger partial charge is 0.253 e. The molecular formula is C20H27N3O3. The summed E-state index contributed by atoms with van der Waals surface area (Å²) in [5.41, 5.74) is 0.716. The summed E-state index contributed by atoms with van der Waals surface area (Å²) < 4.78 is 5.38. The van der Waals surface area contributed by atoms with E-state index in [1.165, 1.54) is 0 Å². The zero-order valence-electron chi connectivity index (χ0n) is 15.2. The molecule has 3 saturated heterocycles. The first-order valence-corrected chi connectivity index (χ1v) is 9.78. The summed E-state index contributed by atoms with van der Waals surface area (Å²) in [7, 11) is 0. The van der Waals surface area contributed by atoms with Crippen molar-refractivity contribution in [1.82, 2.24) is 14.8 Å². The predicted octanol–water partition coefficient (Wildman–Crippen LogP) is 1.82. The Morgan fingerprint density at radius 3 is 2.15 bits per heavy atom. The Bertz CT molecular complexity index is 629. The summed E-state index contributed by atoms with van der Waals surface area (Å²) in [4.78, 5) is 33.5. The largest absolute Gasteiger partial charge is 0.381 e. The van der Waals surface area contributed by atoms with Crippen molar-refractivity contribution < 1.29 is 14.3 Å². The van der Waals surface area contributed by atoms with Crippen molar-refractivity contribution >= 4 is 11.8 Å². The molecule has 0 saturated carbocycles. The van der Waals surface area contributed by atoms with Crippen molar-refractivity contribution in [1.29, 1.82) is 0 Å². The van der Waals surface area contributed by atoms with Crippen LogP contribution in [0.5, 0.6) is 0 Å². The standard InChI is InChI=1S/C20H27N3O3/c24-19(16-5-11-26-12-6-16)22-9-3-17-13-23(14-18(17)4-10-22)20(25)15-1-7-21-8-2-15/h1-2,7-8,16-18H,3-6,9-14H2/t17-,18+. The molecule has 0 bridgehead atoms. The fourth-order valence-corrected chi connectivity index (χ4v) is 4.61. The van der Waals surface area contributed by atoms with Gasteiger partial charge in [-0.1, -0.05) is 0 Å². The lowest BCUT2D eigenvalue weighted by Gasteiger charge is -2.29. The number of aromatic nitrogens is 1. The molecular weight excluding hydrogens is 330 g/mol. The van der Waals surface area contributed by atoms with Crippen LogP contribution in [0, 0.1) is 17.8 Å². The minimum Gasteiger partial charge on any atom is -0.381 e. The summed E-state index contributed by atoms with van der Waals surface area (Å²) in [6.07, 6.45) is 7.05. The van der Waals surface area contributed by atoms with Gasteiger partial charge in [0, 0.05) is 63.3 Å². The third-order valence-electron chi connectivity index (χ3n) is 6.21. The highest BCUT2D eigenvalue weighted by Gasteiger charge is 2.38. The SMILES string of the molecule is O=C(c1ccncc1)N1C[C@H]2CCN(C(=O)C3CCOCC3)CC[C@H]2C1. The van der Waals surface area contributed by atoms with Crippen molar-refractivity contribution in [2.45, 2.75) is 25.7 Å². The van der Waals surface area contributed by atoms with Gasteiger partial charge in [0.2, 0.25) is 5.91 Å². The molecule has 0 aromatic carbocycles. The van der Waals surface area contributed by atoms with Crippen molar-refractivity contribution in [3.05, 3.63) is 30.1 Å². The number of carbonyl (C=O) groups excluding carboxylic acids is 2. The summed E-state index contributed by atoms with van der Waals surface area (Å²) in [5.74, 6) is 1.58. The molecule has 1 aromatic heterocycles. The van der Waals surface area contributed by atoms with Gasteiger partial charge in [0.1, 0.15) is 0 Å². The molecule has 4 rings (SSSR count). The highest BCUT2D eigenvalue weighted by Crippen LogP contribution is 2.33. The van der Waals surface area contributed by atoms with Gasteiger partial charge in [-0.05, 0) is 49.7 Å². The molecule has 4 heterocycles. The van der Waals surface area contributed by atoms with E-state index < -0.39 is 0 Å². The summed E-state index contributed by atoms with van der Waals surface area (Å²) in [5, 5.41) is 0. The Morgan fingerprint density at radius 2 is 1.54 bits per heavy atom. The minimum absolute atomic E-state index is 0.107. The van der Waals surface area contributed by atoms with E-state index in [1.807, 2.05) is 4.90 Å². The molecule has 1 aromatic rings. The lowest BCUT2D eigenvalue weighted by molar-refractivity contribution is -0.138. The van der Waals surface area contributed by atoms with E-state index in [4.69, 9.17) is 4.74 Å². The topological polar surface area (TPSA) is 62.7 Å². The summed E-state index contributed by atoms with van der Waals surface area (Å²) in [6, 6.07) is 3.57. The number of likely N-dealkylation sites (tertiary alicyclic amines) is 2. The van der Waals surface area contributed by atoms with Crippen molar-refractivity contribution in [3.8, 4) is 0 Å². The van der Waals surface area contributed by atoms with Crippen LogP contribution in [-0.2, 0) is 9.53 Å². The molecule has 0 spiro atoms. The zero-order valence-corrected chi connectivity index (χ0v) is 15.2. The molecule has 2 amide bonds. The van der Waals surface area contributed by atoms with Crippen LogP contribution in [-0.4, -0.2) is 66.0 Å². The van der Waals surface area contributed by atoms with Gasteiger partial charge in [-0.25, -0.2) is 0 Å². The minimum atomic E-state index is 0.107. The molecule has 3 aliphatic heterocycles. The Morgan fingerprint density at radius 1 is 0.923 bits per heavy atom. The van der Waals surface area contributed by atoms with Crippen molar-refractivity contribution in [2.75, 3.05) is 39.4 Å². The van der Waals surface area contributed by atoms with E-state index in [1.54, 1.807) is 24.5 Å². The van der Waals surface area contributed by atoms with Crippen molar-refractivity contribution in [2.24, 2.45) is 17.8 Å². The molecule has 6 heteroatoms. The highest BCUT2D eigenvalue weighted by atomic mass is 16.5. The highest BCUT2D eigenvalue weighted by molar-refractivity contribution is 5.94. The van der Waals surface area contributed by atoms with Gasteiger partial charge in [-0.3, -0.25) is 14.6 Å². The van der Waals surface area contributed by atoms with Crippen LogP contribution in [0.25, 0.3) is 0 Å². The number of pyridine rings is 1. The Kier molecular flexibility index (Phi) is 5.20. The van der Waals surface area contributed by atoms with Crippen LogP contribution in [0.2, 0.25) is 0 Å². The van der Waals surface area contributed by atoms with E-state index in [-0.39, 0.29) is 11.8 Å². The van der Waals surface area contributed by atoms with E-state index >= 15 is 0 Å². The quantitative estimate of drug-likeness (QED) is 0.810. The molecule has 6 nitrogen and oxygen atoms in total. The fraction of sp³-hybridized carbons (Fsp3) is 0.650. The van der Waals surface area contributed by atoms with Gasteiger partial charge in [0.25, 0.3) is 5.91 Å². The number of nitrogens with zero attached hydrogens (tertiary/aromatic N) is 3. The monoisotopic (exact) mass is 357 g/mol. The van der Waals surface area contributed by atoms with Crippen LogP contribution < -0.4 is 0 Å². The molecule has 0 aliphatic carbocycles. The number of rotatable bonds is 2. The molecule has 2 atom stereocenters. The second-order valence-corrected chi connectivity index (χ2v) is 7.76. The number of ether oxygens (including phenoxy) is 1. The predicted molar refractivity (Wildman–Crippen MR) is 96.5 cm³/mol. The molecule has 3 fully saturated rings. The average Bonchev–Trinajstić information content (AvgIpc) is 3.01. The number of hydrogen-bond donors (Lipinski definition) is 0. The lowest BCUT2D eigenvalue weighted by Crippen LogP contribution is -2.39. The fourth-order valence-electron chi connectivity index (χ4n) is 4.61. The van der Waals surface area contributed by atoms with E-state index in [9.17, 15) is 9.59 Å².